The Morgan fingerprint density at radius 2 is 1.45 bits per heavy atom. The van der Waals surface area contributed by atoms with E-state index in [0.717, 1.165) is 22.4 Å². The van der Waals surface area contributed by atoms with Gasteiger partial charge in [0, 0.05) is 23.9 Å². The van der Waals surface area contributed by atoms with Crippen LogP contribution in [0.5, 0.6) is 0 Å². The van der Waals surface area contributed by atoms with Crippen molar-refractivity contribution in [1.82, 2.24) is 9.36 Å². The molecule has 0 saturated heterocycles. The van der Waals surface area contributed by atoms with Crippen molar-refractivity contribution in [2.75, 3.05) is 4.72 Å². The summed E-state index contributed by atoms with van der Waals surface area (Å²) in [5, 5.41) is 0. The van der Waals surface area contributed by atoms with Crippen molar-refractivity contribution in [1.29, 1.82) is 0 Å². The van der Waals surface area contributed by atoms with Gasteiger partial charge in [0.15, 0.2) is 0 Å². The Labute approximate surface area is 194 Å². The number of nitrogens with zero attached hydrogens (tertiary/aromatic N) is 2. The maximum Gasteiger partial charge on any atom is 0.275 e. The molecule has 33 heavy (non-hydrogen) atoms. The number of anilines is 1. The van der Waals surface area contributed by atoms with E-state index in [1.165, 1.54) is 12.1 Å². The third-order valence-electron chi connectivity index (χ3n) is 5.82. The zero-order chi connectivity index (χ0) is 23.8. The number of hydrogen-bond donors (Lipinski definition) is 1. The van der Waals surface area contributed by atoms with E-state index in [2.05, 4.69) is 4.72 Å². The van der Waals surface area contributed by atoms with Gasteiger partial charge in [0.1, 0.15) is 0 Å². The average Bonchev–Trinajstić information content (AvgIpc) is 3.02. The van der Waals surface area contributed by atoms with E-state index in [9.17, 15) is 13.2 Å². The van der Waals surface area contributed by atoms with E-state index in [4.69, 9.17) is 0 Å². The van der Waals surface area contributed by atoms with Crippen LogP contribution >= 0.6 is 0 Å². The van der Waals surface area contributed by atoms with Crippen LogP contribution < -0.4 is 10.3 Å². The first-order valence-electron chi connectivity index (χ1n) is 10.8. The molecule has 1 N–H and O–H groups in total. The summed E-state index contributed by atoms with van der Waals surface area (Å²) in [7, 11) is -1.99. The van der Waals surface area contributed by atoms with Crippen LogP contribution in [0.4, 0.5) is 5.69 Å². The molecule has 0 aliphatic rings. The summed E-state index contributed by atoms with van der Waals surface area (Å²) in [6.45, 7) is 5.89. The summed E-state index contributed by atoms with van der Waals surface area (Å²) in [6, 6.07) is 23.3. The SMILES string of the molecule is Cc1c(C(C)C)c(=O)n(-c2ccc(S(=O)(=O)Nc3ccccc3-c3ccccc3)cc2)n1C. The molecule has 0 aliphatic heterocycles. The van der Waals surface area contributed by atoms with Crippen LogP contribution in [0.3, 0.4) is 0 Å². The summed E-state index contributed by atoms with van der Waals surface area (Å²) in [6.07, 6.45) is 0. The van der Waals surface area contributed by atoms with Gasteiger partial charge in [-0.15, -0.1) is 0 Å². The van der Waals surface area contributed by atoms with Gasteiger partial charge in [-0.1, -0.05) is 62.4 Å². The number of para-hydroxylation sites is 1. The fourth-order valence-corrected chi connectivity index (χ4v) is 5.18. The summed E-state index contributed by atoms with van der Waals surface area (Å²) in [4.78, 5) is 13.1. The van der Waals surface area contributed by atoms with E-state index >= 15 is 0 Å². The van der Waals surface area contributed by atoms with Crippen molar-refractivity contribution in [3.8, 4) is 16.8 Å². The lowest BCUT2D eigenvalue weighted by Crippen LogP contribution is -2.21. The van der Waals surface area contributed by atoms with Gasteiger partial charge in [0.25, 0.3) is 15.6 Å². The number of benzene rings is 3. The Balaban J connectivity index is 1.68. The minimum absolute atomic E-state index is 0.0875. The van der Waals surface area contributed by atoms with Gasteiger partial charge >= 0.3 is 0 Å². The molecule has 1 heterocycles. The zero-order valence-electron chi connectivity index (χ0n) is 19.1. The molecule has 170 valence electrons. The summed E-state index contributed by atoms with van der Waals surface area (Å²) in [5.41, 5.74) is 4.40. The maximum atomic E-state index is 13.1. The minimum Gasteiger partial charge on any atom is -0.285 e. The first-order chi connectivity index (χ1) is 15.7. The Morgan fingerprint density at radius 1 is 0.848 bits per heavy atom. The van der Waals surface area contributed by atoms with E-state index in [0.29, 0.717) is 11.4 Å². The van der Waals surface area contributed by atoms with Crippen LogP contribution in [0.1, 0.15) is 31.0 Å². The number of nitrogens with one attached hydrogen (secondary N) is 1. The molecule has 0 fully saturated rings. The van der Waals surface area contributed by atoms with Crippen LogP contribution in [-0.4, -0.2) is 17.8 Å². The fourth-order valence-electron chi connectivity index (χ4n) is 4.10. The van der Waals surface area contributed by atoms with Gasteiger partial charge in [-0.25, -0.2) is 13.1 Å². The summed E-state index contributed by atoms with van der Waals surface area (Å²) >= 11 is 0. The third kappa shape index (κ3) is 4.24. The standard InChI is InChI=1S/C26H27N3O3S/c1-18(2)25-19(3)28(4)29(26(25)30)21-14-16-22(17-15-21)33(31,32)27-24-13-9-8-12-23(24)20-10-6-5-7-11-20/h5-18,27H,1-4H3. The number of rotatable bonds is 6. The highest BCUT2D eigenvalue weighted by Gasteiger charge is 2.20. The van der Waals surface area contributed by atoms with E-state index < -0.39 is 10.0 Å². The van der Waals surface area contributed by atoms with Gasteiger partial charge in [-0.05, 0) is 48.7 Å². The van der Waals surface area contributed by atoms with Crippen LogP contribution in [0.25, 0.3) is 16.8 Å². The lowest BCUT2D eigenvalue weighted by molar-refractivity contribution is 0.601. The van der Waals surface area contributed by atoms with E-state index in [-0.39, 0.29) is 16.4 Å². The monoisotopic (exact) mass is 461 g/mol. The van der Waals surface area contributed by atoms with Crippen molar-refractivity contribution in [3.05, 3.63) is 100 Å². The zero-order valence-corrected chi connectivity index (χ0v) is 19.9. The van der Waals surface area contributed by atoms with Crippen LogP contribution in [0, 0.1) is 6.92 Å². The number of aromatic nitrogens is 2. The van der Waals surface area contributed by atoms with Crippen LogP contribution in [0.15, 0.2) is 88.6 Å². The van der Waals surface area contributed by atoms with Crippen LogP contribution in [-0.2, 0) is 17.1 Å². The summed E-state index contributed by atoms with van der Waals surface area (Å²) < 4.78 is 32.3. The van der Waals surface area contributed by atoms with Crippen molar-refractivity contribution in [3.63, 3.8) is 0 Å². The van der Waals surface area contributed by atoms with Crippen molar-refractivity contribution in [2.45, 2.75) is 31.6 Å². The van der Waals surface area contributed by atoms with Gasteiger partial charge in [0.2, 0.25) is 0 Å². The Hall–Kier alpha value is -3.58. The molecule has 0 saturated carbocycles. The second-order valence-electron chi connectivity index (χ2n) is 8.31. The van der Waals surface area contributed by atoms with Gasteiger partial charge in [-0.2, -0.15) is 0 Å². The van der Waals surface area contributed by atoms with E-state index in [1.54, 1.807) is 33.6 Å². The predicted molar refractivity (Wildman–Crippen MR) is 133 cm³/mol. The molecular weight excluding hydrogens is 434 g/mol. The molecule has 0 bridgehead atoms. The molecule has 1 aromatic heterocycles. The highest BCUT2D eigenvalue weighted by Crippen LogP contribution is 2.29. The molecule has 7 heteroatoms. The molecule has 0 unspecified atom stereocenters. The smallest absolute Gasteiger partial charge is 0.275 e. The van der Waals surface area contributed by atoms with Crippen molar-refractivity contribution in [2.24, 2.45) is 7.05 Å². The average molecular weight is 462 g/mol. The number of sulfonamides is 1. The van der Waals surface area contributed by atoms with Crippen LogP contribution in [0.2, 0.25) is 0 Å². The molecule has 0 atom stereocenters. The highest BCUT2D eigenvalue weighted by atomic mass is 32.2. The molecule has 6 nitrogen and oxygen atoms in total. The normalized spacial score (nSPS) is 11.7. The molecule has 0 spiro atoms. The van der Waals surface area contributed by atoms with E-state index in [1.807, 2.05) is 70.3 Å². The molecule has 0 aliphatic carbocycles. The molecule has 4 aromatic rings. The summed E-state index contributed by atoms with van der Waals surface area (Å²) in [5.74, 6) is 0.0958. The maximum absolute atomic E-state index is 13.1. The molecule has 0 amide bonds. The topological polar surface area (TPSA) is 73.1 Å². The highest BCUT2D eigenvalue weighted by molar-refractivity contribution is 7.92. The fraction of sp³-hybridized carbons (Fsp3) is 0.192. The minimum atomic E-state index is -3.82. The van der Waals surface area contributed by atoms with Crippen molar-refractivity contribution < 1.29 is 8.42 Å². The van der Waals surface area contributed by atoms with Gasteiger partial charge in [-0.3, -0.25) is 14.2 Å². The second-order valence-corrected chi connectivity index (χ2v) is 9.99. The Morgan fingerprint density at radius 3 is 2.06 bits per heavy atom. The second kappa shape index (κ2) is 8.75. The Kier molecular flexibility index (Phi) is 5.99. The predicted octanol–water partition coefficient (Wildman–Crippen LogP) is 5.08. The number of hydrogen-bond acceptors (Lipinski definition) is 3. The lowest BCUT2D eigenvalue weighted by atomic mass is 10.0. The molecule has 0 radical (unpaired) electrons. The first kappa shape index (κ1) is 22.6. The quantitative estimate of drug-likeness (QED) is 0.435. The molecule has 4 rings (SSSR count). The van der Waals surface area contributed by atoms with Gasteiger partial charge in [0.05, 0.1) is 16.3 Å². The molecule has 3 aromatic carbocycles. The van der Waals surface area contributed by atoms with Crippen molar-refractivity contribution >= 4 is 15.7 Å². The Bertz CT molecular complexity index is 1450. The largest absolute Gasteiger partial charge is 0.285 e. The third-order valence-corrected chi connectivity index (χ3v) is 7.20. The first-order valence-corrected chi connectivity index (χ1v) is 12.2. The molecular formula is C26H27N3O3S. The lowest BCUT2D eigenvalue weighted by Gasteiger charge is -2.14. The van der Waals surface area contributed by atoms with Gasteiger partial charge < -0.3 is 0 Å².